The zero-order valence-electron chi connectivity index (χ0n) is 11.9. The van der Waals surface area contributed by atoms with Crippen molar-refractivity contribution >= 4 is 15.8 Å². The standard InChI is InChI=1S/C14H15N3O4S/c1-22(20,21)9-4-2-8(3-5-9)6-12-15-13(17-16-12)10-7-11(10)14(18)19/h2-5,10-11H,6-7H2,1H3,(H,18,19)(H,15,16,17)/t10-,11-/m1/s1. The molecule has 0 amide bonds. The van der Waals surface area contributed by atoms with Crippen molar-refractivity contribution in [3.8, 4) is 0 Å². The number of carboxylic acid groups (broad SMARTS) is 1. The van der Waals surface area contributed by atoms with Crippen LogP contribution in [0, 0.1) is 5.92 Å². The molecule has 1 aromatic carbocycles. The third-order valence-corrected chi connectivity index (χ3v) is 4.84. The van der Waals surface area contributed by atoms with Gasteiger partial charge in [0.05, 0.1) is 10.8 Å². The predicted octanol–water partition coefficient (Wildman–Crippen LogP) is 0.987. The minimum Gasteiger partial charge on any atom is -0.481 e. The van der Waals surface area contributed by atoms with Crippen LogP contribution < -0.4 is 0 Å². The van der Waals surface area contributed by atoms with E-state index in [1.165, 1.54) is 6.26 Å². The molecule has 22 heavy (non-hydrogen) atoms. The average molecular weight is 321 g/mol. The van der Waals surface area contributed by atoms with Crippen LogP contribution in [0.15, 0.2) is 29.2 Å². The van der Waals surface area contributed by atoms with E-state index in [2.05, 4.69) is 15.2 Å². The number of aromatic amines is 1. The zero-order valence-corrected chi connectivity index (χ0v) is 12.7. The Labute approximate surface area is 127 Å². The zero-order chi connectivity index (χ0) is 15.9. The Morgan fingerprint density at radius 3 is 2.59 bits per heavy atom. The van der Waals surface area contributed by atoms with Crippen molar-refractivity contribution < 1.29 is 18.3 Å². The minimum atomic E-state index is -3.20. The van der Waals surface area contributed by atoms with Gasteiger partial charge in [0.25, 0.3) is 0 Å². The average Bonchev–Trinajstić information content (AvgIpc) is 3.13. The molecule has 1 aliphatic carbocycles. The monoisotopic (exact) mass is 321 g/mol. The number of rotatable bonds is 5. The summed E-state index contributed by atoms with van der Waals surface area (Å²) < 4.78 is 22.8. The van der Waals surface area contributed by atoms with Gasteiger partial charge >= 0.3 is 5.97 Å². The van der Waals surface area contributed by atoms with Gasteiger partial charge in [0.15, 0.2) is 15.7 Å². The van der Waals surface area contributed by atoms with Crippen LogP contribution in [0.1, 0.15) is 29.6 Å². The highest BCUT2D eigenvalue weighted by molar-refractivity contribution is 7.90. The number of benzene rings is 1. The second-order valence-corrected chi connectivity index (χ2v) is 7.54. The largest absolute Gasteiger partial charge is 0.481 e. The molecular formula is C14H15N3O4S. The van der Waals surface area contributed by atoms with Crippen molar-refractivity contribution in [2.75, 3.05) is 6.26 Å². The van der Waals surface area contributed by atoms with E-state index >= 15 is 0 Å². The summed E-state index contributed by atoms with van der Waals surface area (Å²) in [5.74, 6) is -0.117. The van der Waals surface area contributed by atoms with Gasteiger partial charge in [0, 0.05) is 18.6 Å². The molecule has 1 saturated carbocycles. The van der Waals surface area contributed by atoms with E-state index in [0.717, 1.165) is 5.56 Å². The first-order valence-electron chi connectivity index (χ1n) is 6.77. The Balaban J connectivity index is 1.69. The van der Waals surface area contributed by atoms with Crippen LogP contribution in [0.4, 0.5) is 0 Å². The summed E-state index contributed by atoms with van der Waals surface area (Å²) in [6, 6.07) is 6.58. The molecule has 116 valence electrons. The molecule has 1 aliphatic rings. The maximum atomic E-state index is 11.4. The SMILES string of the molecule is CS(=O)(=O)c1ccc(Cc2nc([C@@H]3C[C@H]3C(=O)O)n[nH]2)cc1. The van der Waals surface area contributed by atoms with Gasteiger partial charge in [0.1, 0.15) is 5.82 Å². The molecule has 0 saturated heterocycles. The topological polar surface area (TPSA) is 113 Å². The second kappa shape index (κ2) is 5.20. The maximum absolute atomic E-state index is 11.4. The van der Waals surface area contributed by atoms with Gasteiger partial charge in [-0.15, -0.1) is 0 Å². The van der Waals surface area contributed by atoms with Crippen LogP contribution in [0.3, 0.4) is 0 Å². The van der Waals surface area contributed by atoms with Crippen molar-refractivity contribution in [2.24, 2.45) is 5.92 Å². The van der Waals surface area contributed by atoms with Crippen molar-refractivity contribution in [3.05, 3.63) is 41.5 Å². The lowest BCUT2D eigenvalue weighted by Gasteiger charge is -2.01. The molecule has 1 aromatic heterocycles. The van der Waals surface area contributed by atoms with Crippen LogP contribution in [-0.2, 0) is 21.1 Å². The quantitative estimate of drug-likeness (QED) is 0.849. The van der Waals surface area contributed by atoms with Gasteiger partial charge < -0.3 is 5.11 Å². The Hall–Kier alpha value is -2.22. The molecule has 0 radical (unpaired) electrons. The van der Waals surface area contributed by atoms with E-state index in [1.807, 2.05) is 0 Å². The molecule has 0 spiro atoms. The lowest BCUT2D eigenvalue weighted by molar-refractivity contribution is -0.138. The normalized spacial score (nSPS) is 20.8. The fourth-order valence-corrected chi connectivity index (χ4v) is 2.99. The second-order valence-electron chi connectivity index (χ2n) is 5.52. The van der Waals surface area contributed by atoms with Crippen molar-refractivity contribution in [3.63, 3.8) is 0 Å². The van der Waals surface area contributed by atoms with Crippen LogP contribution in [0.5, 0.6) is 0 Å². The van der Waals surface area contributed by atoms with Crippen molar-refractivity contribution in [1.82, 2.24) is 15.2 Å². The summed E-state index contributed by atoms with van der Waals surface area (Å²) in [6.07, 6.45) is 2.23. The highest BCUT2D eigenvalue weighted by atomic mass is 32.2. The van der Waals surface area contributed by atoms with E-state index in [-0.39, 0.29) is 16.7 Å². The third-order valence-electron chi connectivity index (χ3n) is 3.71. The van der Waals surface area contributed by atoms with E-state index in [9.17, 15) is 13.2 Å². The van der Waals surface area contributed by atoms with Crippen molar-refractivity contribution in [1.29, 1.82) is 0 Å². The molecule has 3 rings (SSSR count). The molecule has 2 N–H and O–H groups in total. The van der Waals surface area contributed by atoms with Crippen LogP contribution >= 0.6 is 0 Å². The van der Waals surface area contributed by atoms with Gasteiger partial charge in [-0.1, -0.05) is 12.1 Å². The molecule has 7 nitrogen and oxygen atoms in total. The Kier molecular flexibility index (Phi) is 3.48. The van der Waals surface area contributed by atoms with Gasteiger partial charge in [-0.25, -0.2) is 13.4 Å². The summed E-state index contributed by atoms with van der Waals surface area (Å²) in [5.41, 5.74) is 0.903. The number of hydrogen-bond donors (Lipinski definition) is 2. The van der Waals surface area contributed by atoms with E-state index in [1.54, 1.807) is 24.3 Å². The highest BCUT2D eigenvalue weighted by Gasteiger charge is 2.46. The molecular weight excluding hydrogens is 306 g/mol. The number of carboxylic acids is 1. The predicted molar refractivity (Wildman–Crippen MR) is 77.2 cm³/mol. The molecule has 1 heterocycles. The molecule has 0 bridgehead atoms. The van der Waals surface area contributed by atoms with Gasteiger partial charge in [-0.2, -0.15) is 5.10 Å². The third kappa shape index (κ3) is 3.01. The molecule has 1 fully saturated rings. The number of nitrogens with one attached hydrogen (secondary N) is 1. The number of carbonyl (C=O) groups is 1. The van der Waals surface area contributed by atoms with Gasteiger partial charge in [-0.05, 0) is 24.1 Å². The smallest absolute Gasteiger partial charge is 0.307 e. The van der Waals surface area contributed by atoms with Crippen LogP contribution in [0.25, 0.3) is 0 Å². The number of nitrogens with zero attached hydrogens (tertiary/aromatic N) is 2. The van der Waals surface area contributed by atoms with Gasteiger partial charge in [-0.3, -0.25) is 9.89 Å². The fourth-order valence-electron chi connectivity index (χ4n) is 2.36. The van der Waals surface area contributed by atoms with Crippen LogP contribution in [0.2, 0.25) is 0 Å². The first-order chi connectivity index (χ1) is 10.3. The minimum absolute atomic E-state index is 0.102. The van der Waals surface area contributed by atoms with Gasteiger partial charge in [0.2, 0.25) is 0 Å². The van der Waals surface area contributed by atoms with E-state index in [0.29, 0.717) is 24.5 Å². The number of aromatic nitrogens is 3. The number of aliphatic carboxylic acids is 1. The first-order valence-corrected chi connectivity index (χ1v) is 8.66. The molecule has 8 heteroatoms. The number of hydrogen-bond acceptors (Lipinski definition) is 5. The van der Waals surface area contributed by atoms with E-state index < -0.39 is 15.8 Å². The maximum Gasteiger partial charge on any atom is 0.307 e. The van der Waals surface area contributed by atoms with Crippen molar-refractivity contribution in [2.45, 2.75) is 23.7 Å². The number of H-pyrrole nitrogens is 1. The Morgan fingerprint density at radius 1 is 1.36 bits per heavy atom. The molecule has 2 atom stereocenters. The highest BCUT2D eigenvalue weighted by Crippen LogP contribution is 2.45. The first kappa shape index (κ1) is 14.7. The lowest BCUT2D eigenvalue weighted by Crippen LogP contribution is -2.00. The lowest BCUT2D eigenvalue weighted by atomic mass is 10.1. The summed E-state index contributed by atoms with van der Waals surface area (Å²) in [5, 5.41) is 15.8. The summed E-state index contributed by atoms with van der Waals surface area (Å²) >= 11 is 0. The molecule has 2 aromatic rings. The Morgan fingerprint density at radius 2 is 2.05 bits per heavy atom. The molecule has 0 unspecified atom stereocenters. The van der Waals surface area contributed by atoms with Crippen LogP contribution in [-0.4, -0.2) is 40.9 Å². The van der Waals surface area contributed by atoms with E-state index in [4.69, 9.17) is 5.11 Å². The summed E-state index contributed by atoms with van der Waals surface area (Å²) in [4.78, 5) is 15.4. The summed E-state index contributed by atoms with van der Waals surface area (Å²) in [7, 11) is -3.20. The molecule has 0 aliphatic heterocycles. The fraction of sp³-hybridized carbons (Fsp3) is 0.357. The number of sulfone groups is 1. The summed E-state index contributed by atoms with van der Waals surface area (Å²) in [6.45, 7) is 0. The Bertz CT molecular complexity index is 811.